The third-order valence-electron chi connectivity index (χ3n) is 4.09. The summed E-state index contributed by atoms with van der Waals surface area (Å²) in [6.45, 7) is 10.3. The zero-order valence-corrected chi connectivity index (χ0v) is 13.1. The highest BCUT2D eigenvalue weighted by molar-refractivity contribution is 5.37. The van der Waals surface area contributed by atoms with Gasteiger partial charge in [-0.15, -0.1) is 0 Å². The van der Waals surface area contributed by atoms with Gasteiger partial charge < -0.3 is 5.11 Å². The summed E-state index contributed by atoms with van der Waals surface area (Å²) in [6.07, 6.45) is 0.637. The lowest BCUT2D eigenvalue weighted by atomic mass is 9.85. The molecule has 0 fully saturated rings. The molecular formula is C19H24O. The highest BCUT2D eigenvalue weighted by Gasteiger charge is 2.25. The summed E-state index contributed by atoms with van der Waals surface area (Å²) in [5.74, 6) is 0. The van der Waals surface area contributed by atoms with Crippen LogP contribution in [0.2, 0.25) is 0 Å². The summed E-state index contributed by atoms with van der Waals surface area (Å²) < 4.78 is 0. The van der Waals surface area contributed by atoms with Gasteiger partial charge in [-0.2, -0.15) is 0 Å². The number of benzene rings is 2. The summed E-state index contributed by atoms with van der Waals surface area (Å²) in [4.78, 5) is 0. The summed E-state index contributed by atoms with van der Waals surface area (Å²) >= 11 is 0. The summed E-state index contributed by atoms with van der Waals surface area (Å²) in [5, 5.41) is 10.9. The van der Waals surface area contributed by atoms with Gasteiger partial charge in [0.15, 0.2) is 0 Å². The number of rotatable bonds is 3. The first-order chi connectivity index (χ1) is 9.29. The van der Waals surface area contributed by atoms with Crippen molar-refractivity contribution in [2.24, 2.45) is 0 Å². The molecule has 106 valence electrons. The van der Waals surface area contributed by atoms with Crippen LogP contribution in [0, 0.1) is 27.7 Å². The fourth-order valence-corrected chi connectivity index (χ4v) is 2.72. The van der Waals surface area contributed by atoms with E-state index in [9.17, 15) is 5.11 Å². The normalized spacial score (nSPS) is 14.1. The lowest BCUT2D eigenvalue weighted by molar-refractivity contribution is 0.0569. The van der Waals surface area contributed by atoms with Gasteiger partial charge >= 0.3 is 0 Å². The molecule has 0 radical (unpaired) electrons. The van der Waals surface area contributed by atoms with E-state index >= 15 is 0 Å². The predicted octanol–water partition coefficient (Wildman–Crippen LogP) is 4.37. The molecule has 0 aliphatic rings. The molecule has 2 rings (SSSR count). The van der Waals surface area contributed by atoms with E-state index in [1.54, 1.807) is 0 Å². The van der Waals surface area contributed by atoms with Crippen LogP contribution in [-0.2, 0) is 12.0 Å². The lowest BCUT2D eigenvalue weighted by Gasteiger charge is -2.26. The van der Waals surface area contributed by atoms with E-state index in [-0.39, 0.29) is 0 Å². The Kier molecular flexibility index (Phi) is 4.01. The summed E-state index contributed by atoms with van der Waals surface area (Å²) in [6, 6.07) is 12.7. The van der Waals surface area contributed by atoms with Gasteiger partial charge in [0.1, 0.15) is 0 Å². The van der Waals surface area contributed by atoms with Crippen molar-refractivity contribution in [3.63, 3.8) is 0 Å². The molecule has 20 heavy (non-hydrogen) atoms. The molecule has 0 aliphatic carbocycles. The molecule has 1 unspecified atom stereocenters. The monoisotopic (exact) mass is 268 g/mol. The zero-order chi connectivity index (χ0) is 14.9. The van der Waals surface area contributed by atoms with Crippen LogP contribution in [-0.4, -0.2) is 5.11 Å². The Morgan fingerprint density at radius 1 is 0.850 bits per heavy atom. The molecule has 0 bridgehead atoms. The van der Waals surface area contributed by atoms with Gasteiger partial charge in [-0.25, -0.2) is 0 Å². The zero-order valence-electron chi connectivity index (χ0n) is 13.1. The fourth-order valence-electron chi connectivity index (χ4n) is 2.72. The van der Waals surface area contributed by atoms with Crippen LogP contribution in [0.4, 0.5) is 0 Å². The predicted molar refractivity (Wildman–Crippen MR) is 85.1 cm³/mol. The third-order valence-corrected chi connectivity index (χ3v) is 4.09. The minimum atomic E-state index is -0.836. The van der Waals surface area contributed by atoms with E-state index in [1.165, 1.54) is 22.3 Å². The van der Waals surface area contributed by atoms with Crippen molar-refractivity contribution in [2.75, 3.05) is 0 Å². The maximum Gasteiger partial charge on any atom is 0.0911 e. The first-order valence-corrected chi connectivity index (χ1v) is 7.16. The number of aryl methyl sites for hydroxylation is 4. The molecule has 2 aromatic rings. The second-order valence-electron chi connectivity index (χ2n) is 6.19. The highest BCUT2D eigenvalue weighted by Crippen LogP contribution is 2.29. The van der Waals surface area contributed by atoms with Gasteiger partial charge in [0, 0.05) is 6.42 Å². The molecule has 0 saturated carbocycles. The van der Waals surface area contributed by atoms with Crippen molar-refractivity contribution in [3.05, 3.63) is 69.8 Å². The second-order valence-corrected chi connectivity index (χ2v) is 6.19. The Morgan fingerprint density at radius 3 is 2.15 bits per heavy atom. The van der Waals surface area contributed by atoms with Crippen LogP contribution in [0.15, 0.2) is 36.4 Å². The van der Waals surface area contributed by atoms with Gasteiger partial charge in [-0.05, 0) is 62.4 Å². The van der Waals surface area contributed by atoms with Gasteiger partial charge in [0.05, 0.1) is 5.60 Å². The van der Waals surface area contributed by atoms with Crippen molar-refractivity contribution in [1.29, 1.82) is 0 Å². The molecule has 0 aliphatic heterocycles. The van der Waals surface area contributed by atoms with Crippen LogP contribution in [0.5, 0.6) is 0 Å². The lowest BCUT2D eigenvalue weighted by Crippen LogP contribution is -2.25. The average molecular weight is 268 g/mol. The molecule has 1 heteroatoms. The molecule has 0 amide bonds. The van der Waals surface area contributed by atoms with Gasteiger partial charge in [0.2, 0.25) is 0 Å². The Labute approximate surface area is 122 Å². The Balaban J connectivity index is 2.34. The maximum atomic E-state index is 10.9. The average Bonchev–Trinajstić information content (AvgIpc) is 2.36. The largest absolute Gasteiger partial charge is 0.385 e. The SMILES string of the molecule is Cc1ccc(C)c(C(C)(O)Cc2ccc(C)c(C)c2)c1. The van der Waals surface area contributed by atoms with E-state index in [0.29, 0.717) is 6.42 Å². The van der Waals surface area contributed by atoms with Crippen LogP contribution in [0.1, 0.15) is 40.3 Å². The topological polar surface area (TPSA) is 20.2 Å². The standard InChI is InChI=1S/C19H24O/c1-13-6-7-15(3)18(10-13)19(5,20)12-17-9-8-14(2)16(4)11-17/h6-11,20H,12H2,1-5H3. The highest BCUT2D eigenvalue weighted by atomic mass is 16.3. The van der Waals surface area contributed by atoms with E-state index in [0.717, 1.165) is 11.1 Å². The van der Waals surface area contributed by atoms with Gasteiger partial charge in [0.25, 0.3) is 0 Å². The first kappa shape index (κ1) is 14.8. The minimum Gasteiger partial charge on any atom is -0.385 e. The molecule has 0 saturated heterocycles. The molecule has 1 nitrogen and oxygen atoms in total. The van der Waals surface area contributed by atoms with Crippen LogP contribution < -0.4 is 0 Å². The summed E-state index contributed by atoms with van der Waals surface area (Å²) in [7, 11) is 0. The Hall–Kier alpha value is -1.60. The number of aliphatic hydroxyl groups is 1. The fraction of sp³-hybridized carbons (Fsp3) is 0.368. The van der Waals surface area contributed by atoms with E-state index in [1.807, 2.05) is 6.92 Å². The third kappa shape index (κ3) is 3.10. The van der Waals surface area contributed by atoms with Crippen LogP contribution in [0.25, 0.3) is 0 Å². The van der Waals surface area contributed by atoms with Gasteiger partial charge in [-0.3, -0.25) is 0 Å². The molecule has 1 atom stereocenters. The Morgan fingerprint density at radius 2 is 1.50 bits per heavy atom. The van der Waals surface area contributed by atoms with Crippen molar-refractivity contribution in [2.45, 2.75) is 46.6 Å². The molecule has 2 aromatic carbocycles. The van der Waals surface area contributed by atoms with Gasteiger partial charge in [-0.1, -0.05) is 42.0 Å². The molecule has 0 heterocycles. The molecule has 0 spiro atoms. The number of hydrogen-bond donors (Lipinski definition) is 1. The van der Waals surface area contributed by atoms with E-state index in [4.69, 9.17) is 0 Å². The smallest absolute Gasteiger partial charge is 0.0911 e. The van der Waals surface area contributed by atoms with Crippen LogP contribution in [0.3, 0.4) is 0 Å². The van der Waals surface area contributed by atoms with Crippen molar-refractivity contribution in [1.82, 2.24) is 0 Å². The Bertz CT molecular complexity index is 624. The molecule has 1 N–H and O–H groups in total. The maximum absolute atomic E-state index is 10.9. The van der Waals surface area contributed by atoms with E-state index < -0.39 is 5.60 Å². The second kappa shape index (κ2) is 5.41. The minimum absolute atomic E-state index is 0.637. The van der Waals surface area contributed by atoms with Crippen molar-refractivity contribution in [3.8, 4) is 0 Å². The quantitative estimate of drug-likeness (QED) is 0.876. The number of hydrogen-bond acceptors (Lipinski definition) is 1. The molecular weight excluding hydrogens is 244 g/mol. The van der Waals surface area contributed by atoms with Crippen LogP contribution >= 0.6 is 0 Å². The van der Waals surface area contributed by atoms with Crippen molar-refractivity contribution < 1.29 is 5.11 Å². The summed E-state index contributed by atoms with van der Waals surface area (Å²) in [5.41, 5.74) is 6.27. The van der Waals surface area contributed by atoms with Crippen molar-refractivity contribution >= 4 is 0 Å². The van der Waals surface area contributed by atoms with E-state index in [2.05, 4.69) is 64.1 Å². The first-order valence-electron chi connectivity index (χ1n) is 7.16. The molecule has 0 aromatic heterocycles.